The molecule has 0 aliphatic rings. The van der Waals surface area contributed by atoms with Crippen molar-refractivity contribution in [1.82, 2.24) is 0 Å². The van der Waals surface area contributed by atoms with Gasteiger partial charge in [0.15, 0.2) is 0 Å². The highest BCUT2D eigenvalue weighted by Crippen LogP contribution is 2.29. The van der Waals surface area contributed by atoms with Crippen molar-refractivity contribution >= 4 is 38.5 Å². The highest BCUT2D eigenvalue weighted by atomic mass is 79.9. The number of carbonyl (C=O) groups excluding carboxylic acids is 1. The predicted molar refractivity (Wildman–Crippen MR) is 67.7 cm³/mol. The van der Waals surface area contributed by atoms with Crippen molar-refractivity contribution in [3.05, 3.63) is 40.9 Å². The third-order valence-corrected chi connectivity index (χ3v) is 2.98. The Morgan fingerprint density at radius 2 is 1.88 bits per heavy atom. The summed E-state index contributed by atoms with van der Waals surface area (Å²) in [6, 6.07) is 11.6. The molecule has 2 aromatic carbocycles. The largest absolute Gasteiger partial charge is 0.453 e. The molecule has 0 saturated carbocycles. The first kappa shape index (κ1) is 11.0. The smallest absolute Gasteiger partial charge is 0.411 e. The molecule has 0 unspecified atom stereocenters. The summed E-state index contributed by atoms with van der Waals surface area (Å²) in [6.45, 7) is 0. The van der Waals surface area contributed by atoms with Gasteiger partial charge in [0.05, 0.1) is 12.8 Å². The van der Waals surface area contributed by atoms with E-state index in [2.05, 4.69) is 26.0 Å². The van der Waals surface area contributed by atoms with E-state index >= 15 is 0 Å². The number of ether oxygens (including phenoxy) is 1. The zero-order chi connectivity index (χ0) is 11.5. The molecule has 0 radical (unpaired) electrons. The predicted octanol–water partition coefficient (Wildman–Crippen LogP) is 3.78. The highest BCUT2D eigenvalue weighted by molar-refractivity contribution is 9.10. The molecule has 82 valence electrons. The lowest BCUT2D eigenvalue weighted by molar-refractivity contribution is 0.187. The summed E-state index contributed by atoms with van der Waals surface area (Å²) in [6.07, 6.45) is -0.465. The maximum absolute atomic E-state index is 11.2. The Labute approximate surface area is 102 Å². The molecule has 0 bridgehead atoms. The van der Waals surface area contributed by atoms with Crippen LogP contribution in [0, 0.1) is 0 Å². The fourth-order valence-corrected chi connectivity index (χ4v) is 2.01. The third kappa shape index (κ3) is 2.02. The minimum Gasteiger partial charge on any atom is -0.453 e. The number of carbonyl (C=O) groups is 1. The fourth-order valence-electron chi connectivity index (χ4n) is 1.53. The third-order valence-electron chi connectivity index (χ3n) is 2.29. The normalized spacial score (nSPS) is 10.1. The first-order chi connectivity index (χ1) is 7.72. The molecule has 0 fully saturated rings. The Balaban J connectivity index is 2.54. The molecule has 1 amide bonds. The van der Waals surface area contributed by atoms with E-state index in [1.807, 2.05) is 36.4 Å². The average Bonchev–Trinajstić information content (AvgIpc) is 2.33. The van der Waals surface area contributed by atoms with Gasteiger partial charge < -0.3 is 4.74 Å². The standard InChI is InChI=1S/C12H10BrNO2/c1-16-12(15)14-11-7-6-10(13)8-4-2-3-5-9(8)11/h2-7H,1H3,(H,14,15). The van der Waals surface area contributed by atoms with E-state index in [-0.39, 0.29) is 0 Å². The molecule has 0 aliphatic heterocycles. The van der Waals surface area contributed by atoms with Gasteiger partial charge >= 0.3 is 6.09 Å². The monoisotopic (exact) mass is 279 g/mol. The number of benzene rings is 2. The maximum atomic E-state index is 11.2. The van der Waals surface area contributed by atoms with Gasteiger partial charge in [0.2, 0.25) is 0 Å². The molecule has 0 spiro atoms. The van der Waals surface area contributed by atoms with E-state index in [9.17, 15) is 4.79 Å². The molecule has 0 heterocycles. The molecule has 1 N–H and O–H groups in total. The van der Waals surface area contributed by atoms with E-state index in [0.717, 1.165) is 20.9 Å². The minimum absolute atomic E-state index is 0.465. The van der Waals surface area contributed by atoms with Crippen LogP contribution < -0.4 is 5.32 Å². The minimum atomic E-state index is -0.465. The number of hydrogen-bond donors (Lipinski definition) is 1. The molecular formula is C12H10BrNO2. The maximum Gasteiger partial charge on any atom is 0.411 e. The Bertz CT molecular complexity index is 540. The van der Waals surface area contributed by atoms with Crippen LogP contribution in [0.2, 0.25) is 0 Å². The number of rotatable bonds is 1. The topological polar surface area (TPSA) is 38.3 Å². The second kappa shape index (κ2) is 4.53. The number of nitrogens with one attached hydrogen (secondary N) is 1. The van der Waals surface area contributed by atoms with Crippen LogP contribution in [0.15, 0.2) is 40.9 Å². The van der Waals surface area contributed by atoms with Gasteiger partial charge in [0.1, 0.15) is 0 Å². The highest BCUT2D eigenvalue weighted by Gasteiger charge is 2.06. The van der Waals surface area contributed by atoms with Gasteiger partial charge in [-0.3, -0.25) is 5.32 Å². The van der Waals surface area contributed by atoms with Gasteiger partial charge in [0, 0.05) is 9.86 Å². The summed E-state index contributed by atoms with van der Waals surface area (Å²) in [4.78, 5) is 11.2. The van der Waals surface area contributed by atoms with Crippen LogP contribution in [0.1, 0.15) is 0 Å². The Morgan fingerprint density at radius 1 is 1.19 bits per heavy atom. The van der Waals surface area contributed by atoms with Crippen LogP contribution in [-0.4, -0.2) is 13.2 Å². The first-order valence-corrected chi connectivity index (χ1v) is 5.54. The Hall–Kier alpha value is -1.55. The van der Waals surface area contributed by atoms with Crippen LogP contribution in [0.5, 0.6) is 0 Å². The van der Waals surface area contributed by atoms with Crippen molar-refractivity contribution in [2.24, 2.45) is 0 Å². The molecule has 0 saturated heterocycles. The van der Waals surface area contributed by atoms with Gasteiger partial charge in [-0.05, 0) is 17.5 Å². The lowest BCUT2D eigenvalue weighted by Gasteiger charge is -2.08. The molecule has 4 heteroatoms. The summed E-state index contributed by atoms with van der Waals surface area (Å²) in [7, 11) is 1.34. The van der Waals surface area contributed by atoms with Crippen molar-refractivity contribution in [1.29, 1.82) is 0 Å². The van der Waals surface area contributed by atoms with E-state index in [4.69, 9.17) is 0 Å². The lowest BCUT2D eigenvalue weighted by Crippen LogP contribution is -2.11. The second-order valence-corrected chi connectivity index (χ2v) is 4.11. The van der Waals surface area contributed by atoms with Crippen LogP contribution in [-0.2, 0) is 4.74 Å². The van der Waals surface area contributed by atoms with Crippen LogP contribution in [0.25, 0.3) is 10.8 Å². The van der Waals surface area contributed by atoms with Gasteiger partial charge in [-0.1, -0.05) is 40.2 Å². The van der Waals surface area contributed by atoms with E-state index < -0.39 is 6.09 Å². The molecule has 3 nitrogen and oxygen atoms in total. The molecule has 16 heavy (non-hydrogen) atoms. The summed E-state index contributed by atoms with van der Waals surface area (Å²) < 4.78 is 5.57. The SMILES string of the molecule is COC(=O)Nc1ccc(Br)c2ccccc12. The van der Waals surface area contributed by atoms with Crippen molar-refractivity contribution < 1.29 is 9.53 Å². The summed E-state index contributed by atoms with van der Waals surface area (Å²) >= 11 is 3.47. The Kier molecular flexibility index (Phi) is 3.10. The molecular weight excluding hydrogens is 270 g/mol. The van der Waals surface area contributed by atoms with Crippen molar-refractivity contribution in [3.8, 4) is 0 Å². The Morgan fingerprint density at radius 3 is 2.56 bits per heavy atom. The number of hydrogen-bond acceptors (Lipinski definition) is 2. The van der Waals surface area contributed by atoms with Gasteiger partial charge in [-0.15, -0.1) is 0 Å². The summed E-state index contributed by atoms with van der Waals surface area (Å²) in [5.74, 6) is 0. The lowest BCUT2D eigenvalue weighted by atomic mass is 10.1. The number of amides is 1. The van der Waals surface area contributed by atoms with Crippen molar-refractivity contribution in [3.63, 3.8) is 0 Å². The van der Waals surface area contributed by atoms with Gasteiger partial charge in [-0.25, -0.2) is 4.79 Å². The fraction of sp³-hybridized carbons (Fsp3) is 0.0833. The number of methoxy groups -OCH3 is 1. The van der Waals surface area contributed by atoms with E-state index in [0.29, 0.717) is 0 Å². The van der Waals surface area contributed by atoms with Crippen molar-refractivity contribution in [2.45, 2.75) is 0 Å². The van der Waals surface area contributed by atoms with E-state index in [1.54, 1.807) is 0 Å². The molecule has 2 aromatic rings. The molecule has 0 aromatic heterocycles. The number of anilines is 1. The van der Waals surface area contributed by atoms with Gasteiger partial charge in [0.25, 0.3) is 0 Å². The number of halogens is 1. The van der Waals surface area contributed by atoms with Crippen molar-refractivity contribution in [2.75, 3.05) is 12.4 Å². The van der Waals surface area contributed by atoms with Crippen LogP contribution >= 0.6 is 15.9 Å². The summed E-state index contributed by atoms with van der Waals surface area (Å²) in [5.41, 5.74) is 0.741. The van der Waals surface area contributed by atoms with Gasteiger partial charge in [-0.2, -0.15) is 0 Å². The number of fused-ring (bicyclic) bond motifs is 1. The quantitative estimate of drug-likeness (QED) is 0.863. The molecule has 0 aliphatic carbocycles. The molecule has 0 atom stereocenters. The zero-order valence-electron chi connectivity index (χ0n) is 8.66. The second-order valence-electron chi connectivity index (χ2n) is 3.26. The van der Waals surface area contributed by atoms with Crippen LogP contribution in [0.4, 0.5) is 10.5 Å². The van der Waals surface area contributed by atoms with Crippen LogP contribution in [0.3, 0.4) is 0 Å². The average molecular weight is 280 g/mol. The van der Waals surface area contributed by atoms with E-state index in [1.165, 1.54) is 7.11 Å². The first-order valence-electron chi connectivity index (χ1n) is 4.74. The molecule has 2 rings (SSSR count). The zero-order valence-corrected chi connectivity index (χ0v) is 10.2. The summed E-state index contributed by atoms with van der Waals surface area (Å²) in [5, 5.41) is 4.71.